The smallest absolute Gasteiger partial charge is 0.137 e. The highest BCUT2D eigenvalue weighted by Gasteiger charge is 2.37. The molecule has 0 spiro atoms. The van der Waals surface area contributed by atoms with Gasteiger partial charge in [-0.1, -0.05) is 92.1 Å². The van der Waals surface area contributed by atoms with Gasteiger partial charge in [-0.25, -0.2) is 19.9 Å². The molecule has 4 saturated heterocycles. The van der Waals surface area contributed by atoms with Crippen molar-refractivity contribution >= 4 is 45.3 Å². The molecule has 21 heteroatoms. The van der Waals surface area contributed by atoms with Crippen LogP contribution in [0.4, 0.5) is 0 Å². The van der Waals surface area contributed by atoms with E-state index in [1.807, 2.05) is 153 Å². The summed E-state index contributed by atoms with van der Waals surface area (Å²) < 4.78 is 23.1. The maximum absolute atomic E-state index is 9.58. The summed E-state index contributed by atoms with van der Waals surface area (Å²) in [5, 5.41) is 42.1. The molecule has 4 atom stereocenters. The fourth-order valence-electron chi connectivity index (χ4n) is 20.4. The van der Waals surface area contributed by atoms with Gasteiger partial charge < -0.3 is 23.8 Å². The van der Waals surface area contributed by atoms with Crippen LogP contribution in [0.3, 0.4) is 0 Å². The monoisotopic (exact) mass is 1790 g/mol. The van der Waals surface area contributed by atoms with Gasteiger partial charge >= 0.3 is 0 Å². The second kappa shape index (κ2) is 41.6. The summed E-state index contributed by atoms with van der Waals surface area (Å²) in [5.74, 6) is 2.52. The van der Waals surface area contributed by atoms with Gasteiger partial charge in [0.25, 0.3) is 0 Å². The quantitative estimate of drug-likeness (QED) is 0.0697. The minimum absolute atomic E-state index is 0.0317. The van der Waals surface area contributed by atoms with Crippen LogP contribution in [0.2, 0.25) is 0 Å². The molecule has 4 fully saturated rings. The molecule has 662 valence electrons. The minimum atomic E-state index is 0.0317. The SMILES string of the molecule is CC(C)Oc1ccc(-c2ncc(-c3cccc4c3CCC4N3CCCCC3)s2)cc1C#N.CC(C)Oc1ccc(-c2ncc(-c3cccc4c3CCC4N3CCCCC3)s2)cc1C#N.CC(C)Oc1ccc(-c2ncc(-c3cccc4c3CCC4N3CCCCC3)s2)cc1C#N.CC(C)Oc1ccc(-c2ncc(-c3cccc4c3CCC4N3CCN(C)CC3)s2)cc1C#N. The normalized spacial score (nSPS) is 18.6. The van der Waals surface area contributed by atoms with E-state index in [4.69, 9.17) is 38.9 Å². The Kier molecular flexibility index (Phi) is 29.1. The standard InChI is InChI=1S/C27H30N4OS.3C27H29N3OS/c1-18(2)32-25-10-7-19(15-20(25)16-28)27-29-17-26(33-27)23-6-4-5-22-21(23)8-9-24(22)31-13-11-30(3)12-14-31;3*1-18(2)31-25-12-9-19(15-20(25)16-28)27-29-17-26(32-27)23-8-6-7-22-21(23)10-11-24(22)30-13-4-3-5-14-30/h4-7,10,15,17-18,24H,8-9,11-14H2,1-3H3;3*6-9,12,15,17-18,24H,3-5,10-11,13-14H2,1-2H3. The average Bonchev–Trinajstić information content (AvgIpc) is 1.64. The Labute approximate surface area is 778 Å². The molecule has 4 aliphatic carbocycles. The van der Waals surface area contributed by atoms with Crippen molar-refractivity contribution < 1.29 is 18.9 Å². The maximum atomic E-state index is 9.58. The van der Waals surface area contributed by atoms with Gasteiger partial charge in [0.15, 0.2) is 0 Å². The van der Waals surface area contributed by atoms with Crippen molar-refractivity contribution in [3.8, 4) is 131 Å². The molecule has 20 rings (SSSR count). The first-order chi connectivity index (χ1) is 62.9. The molecular formula is C108H117N13O4S4. The largest absolute Gasteiger partial charge is 0.490 e. The number of piperidine rings is 3. The number of rotatable bonds is 20. The zero-order valence-electron chi connectivity index (χ0n) is 76.0. The van der Waals surface area contributed by atoms with Crippen molar-refractivity contribution in [2.45, 2.75) is 213 Å². The van der Waals surface area contributed by atoms with E-state index in [2.05, 4.69) is 129 Å². The first-order valence-electron chi connectivity index (χ1n) is 46.8. The van der Waals surface area contributed by atoms with Crippen LogP contribution in [0.5, 0.6) is 23.0 Å². The number of likely N-dealkylation sites (tertiary alicyclic amines) is 3. The third-order valence-electron chi connectivity index (χ3n) is 26.4. The van der Waals surface area contributed by atoms with Crippen LogP contribution in [0, 0.1) is 45.3 Å². The van der Waals surface area contributed by atoms with E-state index in [1.54, 1.807) is 45.3 Å². The predicted octanol–water partition coefficient (Wildman–Crippen LogP) is 25.2. The Morgan fingerprint density at radius 3 is 0.760 bits per heavy atom. The van der Waals surface area contributed by atoms with Crippen LogP contribution in [0.1, 0.15) is 230 Å². The number of benzene rings is 8. The highest BCUT2D eigenvalue weighted by molar-refractivity contribution is 7.19. The molecule has 0 saturated carbocycles. The van der Waals surface area contributed by atoms with Crippen molar-refractivity contribution in [2.75, 3.05) is 72.5 Å². The summed E-state index contributed by atoms with van der Waals surface area (Å²) in [6.07, 6.45) is 29.6. The lowest BCUT2D eigenvalue weighted by Crippen LogP contribution is -2.45. The summed E-state index contributed by atoms with van der Waals surface area (Å²) in [6, 6.07) is 61.6. The Bertz CT molecular complexity index is 5690. The molecule has 4 aromatic heterocycles. The van der Waals surface area contributed by atoms with Gasteiger partial charge in [0.2, 0.25) is 0 Å². The Morgan fingerprint density at radius 1 is 0.302 bits per heavy atom. The Hall–Kier alpha value is -10.8. The molecule has 129 heavy (non-hydrogen) atoms. The van der Waals surface area contributed by atoms with Gasteiger partial charge in [-0.05, 0) is 331 Å². The number of fused-ring (bicyclic) bond motifs is 4. The number of nitrogens with zero attached hydrogens (tertiary/aromatic N) is 13. The number of aromatic nitrogens is 4. The fourth-order valence-corrected chi connectivity index (χ4v) is 24.2. The molecule has 0 bridgehead atoms. The molecule has 12 aromatic rings. The molecule has 0 N–H and O–H groups in total. The molecule has 17 nitrogen and oxygen atoms in total. The molecule has 4 unspecified atom stereocenters. The minimum Gasteiger partial charge on any atom is -0.490 e. The lowest BCUT2D eigenvalue weighted by atomic mass is 10.00. The van der Waals surface area contributed by atoms with Gasteiger partial charge in [0.1, 0.15) is 67.3 Å². The first-order valence-corrected chi connectivity index (χ1v) is 50.0. The van der Waals surface area contributed by atoms with Crippen LogP contribution in [0.15, 0.2) is 170 Å². The van der Waals surface area contributed by atoms with Gasteiger partial charge in [-0.15, -0.1) is 45.3 Å². The van der Waals surface area contributed by atoms with E-state index in [-0.39, 0.29) is 24.4 Å². The summed E-state index contributed by atoms with van der Waals surface area (Å²) in [4.78, 5) is 36.9. The second-order valence-electron chi connectivity index (χ2n) is 36.4. The zero-order valence-corrected chi connectivity index (χ0v) is 79.2. The second-order valence-corrected chi connectivity index (χ2v) is 40.5. The van der Waals surface area contributed by atoms with Crippen LogP contribution in [0.25, 0.3) is 84.0 Å². The number of ether oxygens (including phenoxy) is 4. The molecule has 0 amide bonds. The zero-order chi connectivity index (χ0) is 89.2. The van der Waals surface area contributed by atoms with Crippen LogP contribution in [-0.2, 0) is 25.7 Å². The fraction of sp³-hybridized carbons (Fsp3) is 0.407. The molecule has 8 aliphatic rings. The van der Waals surface area contributed by atoms with Crippen molar-refractivity contribution in [3.63, 3.8) is 0 Å². The number of hydrogen-bond acceptors (Lipinski definition) is 21. The lowest BCUT2D eigenvalue weighted by molar-refractivity contribution is 0.111. The van der Waals surface area contributed by atoms with Crippen LogP contribution in [-0.4, -0.2) is 141 Å². The highest BCUT2D eigenvalue weighted by atomic mass is 32.1. The van der Waals surface area contributed by atoms with Gasteiger partial charge in [0.05, 0.1) is 66.2 Å². The van der Waals surface area contributed by atoms with E-state index in [0.29, 0.717) is 69.4 Å². The topological polar surface area (TPSA) is 200 Å². The van der Waals surface area contributed by atoms with Crippen molar-refractivity contribution in [1.82, 2.24) is 44.4 Å². The Morgan fingerprint density at radius 2 is 0.535 bits per heavy atom. The molecule has 8 heterocycles. The van der Waals surface area contributed by atoms with Crippen LogP contribution >= 0.6 is 45.3 Å². The number of nitriles is 4. The Balaban J connectivity index is 0.000000121. The average molecular weight is 1790 g/mol. The number of piperazine rings is 1. The highest BCUT2D eigenvalue weighted by Crippen LogP contribution is 2.50. The molecule has 8 aromatic carbocycles. The van der Waals surface area contributed by atoms with Gasteiger partial charge in [-0.2, -0.15) is 21.0 Å². The predicted molar refractivity (Wildman–Crippen MR) is 523 cm³/mol. The van der Waals surface area contributed by atoms with Crippen molar-refractivity contribution in [3.05, 3.63) is 237 Å². The number of hydrogen-bond donors (Lipinski definition) is 0. The maximum Gasteiger partial charge on any atom is 0.137 e. The van der Waals surface area contributed by atoms with Crippen LogP contribution < -0.4 is 18.9 Å². The van der Waals surface area contributed by atoms with Gasteiger partial charge in [0, 0.05) is 97.4 Å². The molecule has 0 radical (unpaired) electrons. The summed E-state index contributed by atoms with van der Waals surface area (Å²) >= 11 is 6.82. The van der Waals surface area contributed by atoms with E-state index in [9.17, 15) is 21.0 Å². The first kappa shape index (κ1) is 90.2. The van der Waals surface area contributed by atoms with E-state index < -0.39 is 0 Å². The summed E-state index contributed by atoms with van der Waals surface area (Å²) in [5.41, 5.74) is 23.4. The summed E-state index contributed by atoms with van der Waals surface area (Å²) in [6.45, 7) is 27.7. The molecule has 4 aliphatic heterocycles. The molecular weight excluding hydrogens is 1670 g/mol. The summed E-state index contributed by atoms with van der Waals surface area (Å²) in [7, 11) is 2.21. The van der Waals surface area contributed by atoms with Crippen molar-refractivity contribution in [2.24, 2.45) is 0 Å². The van der Waals surface area contributed by atoms with Gasteiger partial charge in [-0.3, -0.25) is 19.6 Å². The third-order valence-corrected chi connectivity index (χ3v) is 30.7. The number of thiazole rings is 4. The lowest BCUT2D eigenvalue weighted by Gasteiger charge is -2.36. The third kappa shape index (κ3) is 20.6. The van der Waals surface area contributed by atoms with E-state index in [1.165, 1.54) is 209 Å². The number of likely N-dealkylation sites (N-methyl/N-ethyl adjacent to an activating group) is 1. The van der Waals surface area contributed by atoms with Crippen molar-refractivity contribution in [1.29, 1.82) is 21.0 Å². The van der Waals surface area contributed by atoms with E-state index in [0.717, 1.165) is 94.1 Å². The van der Waals surface area contributed by atoms with E-state index >= 15 is 0 Å².